The van der Waals surface area contributed by atoms with E-state index in [1.807, 2.05) is 23.8 Å². The second-order valence-electron chi connectivity index (χ2n) is 5.92. The van der Waals surface area contributed by atoms with Gasteiger partial charge in [-0.2, -0.15) is 0 Å². The minimum absolute atomic E-state index is 0.0450. The van der Waals surface area contributed by atoms with Crippen molar-refractivity contribution in [3.05, 3.63) is 40.3 Å². The molecule has 21 heavy (non-hydrogen) atoms. The molecule has 2 N–H and O–H groups in total. The molecule has 0 radical (unpaired) electrons. The monoisotopic (exact) mass is 286 g/mol. The first kappa shape index (κ1) is 14.2. The Hall–Kier alpha value is -1.72. The number of aromatic nitrogens is 2. The molecule has 1 saturated heterocycles. The highest BCUT2D eigenvalue weighted by molar-refractivity contribution is 5.74. The van der Waals surface area contributed by atoms with E-state index in [9.17, 15) is 4.79 Å². The van der Waals surface area contributed by atoms with Crippen molar-refractivity contribution in [2.45, 2.75) is 32.4 Å². The van der Waals surface area contributed by atoms with Crippen molar-refractivity contribution in [1.82, 2.24) is 14.5 Å². The number of fused-ring (bicyclic) bond motifs is 1. The fourth-order valence-corrected chi connectivity index (χ4v) is 2.92. The average molecular weight is 286 g/mol. The molecule has 0 saturated carbocycles. The van der Waals surface area contributed by atoms with Crippen LogP contribution in [0.15, 0.2) is 29.2 Å². The fourth-order valence-electron chi connectivity index (χ4n) is 2.92. The number of pyridine rings is 2. The van der Waals surface area contributed by atoms with Crippen molar-refractivity contribution in [3.8, 4) is 0 Å². The molecule has 5 heteroatoms. The minimum Gasteiger partial charge on any atom is -0.328 e. The largest absolute Gasteiger partial charge is 0.328 e. The Morgan fingerprint density at radius 3 is 2.81 bits per heavy atom. The number of hydrogen-bond acceptors (Lipinski definition) is 4. The van der Waals surface area contributed by atoms with Crippen LogP contribution in [0, 0.1) is 6.92 Å². The maximum absolute atomic E-state index is 12.2. The third-order valence-electron chi connectivity index (χ3n) is 4.25. The first-order valence-corrected chi connectivity index (χ1v) is 7.57. The average Bonchev–Trinajstić information content (AvgIpc) is 2.48. The van der Waals surface area contributed by atoms with Crippen LogP contribution < -0.4 is 11.3 Å². The van der Waals surface area contributed by atoms with Crippen LogP contribution >= 0.6 is 0 Å². The summed E-state index contributed by atoms with van der Waals surface area (Å²) in [6.07, 6.45) is 3.93. The van der Waals surface area contributed by atoms with E-state index in [1.165, 1.54) is 0 Å². The molecular weight excluding hydrogens is 264 g/mol. The zero-order valence-electron chi connectivity index (χ0n) is 12.5. The van der Waals surface area contributed by atoms with Gasteiger partial charge in [-0.25, -0.2) is 0 Å². The van der Waals surface area contributed by atoms with Gasteiger partial charge in [0.2, 0.25) is 0 Å². The van der Waals surface area contributed by atoms with Crippen molar-refractivity contribution in [1.29, 1.82) is 0 Å². The highest BCUT2D eigenvalue weighted by atomic mass is 16.1. The van der Waals surface area contributed by atoms with Crippen molar-refractivity contribution >= 4 is 11.0 Å². The maximum Gasteiger partial charge on any atom is 0.251 e. The molecule has 5 nitrogen and oxygen atoms in total. The molecule has 1 aliphatic rings. The summed E-state index contributed by atoms with van der Waals surface area (Å²) in [6, 6.07) is 5.79. The van der Waals surface area contributed by atoms with Gasteiger partial charge in [0.25, 0.3) is 5.56 Å². The molecule has 0 aliphatic carbocycles. The van der Waals surface area contributed by atoms with Gasteiger partial charge in [0.05, 0.1) is 11.0 Å². The summed E-state index contributed by atoms with van der Waals surface area (Å²) in [6.45, 7) is 5.65. The Morgan fingerprint density at radius 1 is 1.29 bits per heavy atom. The van der Waals surface area contributed by atoms with Gasteiger partial charge in [-0.05, 0) is 50.6 Å². The van der Waals surface area contributed by atoms with E-state index in [0.717, 1.165) is 49.1 Å². The smallest absolute Gasteiger partial charge is 0.251 e. The standard InChI is InChI=1S/C16H22N4O/c1-12-10-15-14(18-11-12)2-3-16(21)20(15)9-8-19-6-4-13(17)5-7-19/h2-3,10-11,13H,4-9,17H2,1H3. The molecule has 1 fully saturated rings. The summed E-state index contributed by atoms with van der Waals surface area (Å²) in [4.78, 5) is 19.0. The first-order chi connectivity index (χ1) is 10.1. The highest BCUT2D eigenvalue weighted by Gasteiger charge is 2.16. The summed E-state index contributed by atoms with van der Waals surface area (Å²) in [5, 5.41) is 0. The van der Waals surface area contributed by atoms with E-state index in [4.69, 9.17) is 5.73 Å². The van der Waals surface area contributed by atoms with Crippen molar-refractivity contribution in [3.63, 3.8) is 0 Å². The third-order valence-corrected chi connectivity index (χ3v) is 4.25. The zero-order valence-corrected chi connectivity index (χ0v) is 12.5. The third kappa shape index (κ3) is 3.14. The van der Waals surface area contributed by atoms with Gasteiger partial charge < -0.3 is 15.2 Å². The van der Waals surface area contributed by atoms with Gasteiger partial charge in [-0.15, -0.1) is 0 Å². The maximum atomic E-state index is 12.2. The van der Waals surface area contributed by atoms with E-state index >= 15 is 0 Å². The van der Waals surface area contributed by atoms with Gasteiger partial charge in [-0.3, -0.25) is 9.78 Å². The summed E-state index contributed by atoms with van der Waals surface area (Å²) < 4.78 is 1.84. The van der Waals surface area contributed by atoms with Crippen molar-refractivity contribution in [2.75, 3.05) is 19.6 Å². The molecule has 1 aliphatic heterocycles. The number of piperidine rings is 1. The normalized spacial score (nSPS) is 17.4. The molecule has 2 aromatic rings. The second kappa shape index (κ2) is 5.95. The zero-order chi connectivity index (χ0) is 14.8. The van der Waals surface area contributed by atoms with Crippen LogP contribution in [0.1, 0.15) is 18.4 Å². The van der Waals surface area contributed by atoms with Gasteiger partial charge in [0, 0.05) is 31.4 Å². The molecule has 3 heterocycles. The van der Waals surface area contributed by atoms with E-state index in [1.54, 1.807) is 12.1 Å². The van der Waals surface area contributed by atoms with Crippen LogP contribution in [-0.2, 0) is 6.54 Å². The molecule has 0 aromatic carbocycles. The highest BCUT2D eigenvalue weighted by Crippen LogP contribution is 2.12. The van der Waals surface area contributed by atoms with E-state index in [-0.39, 0.29) is 5.56 Å². The van der Waals surface area contributed by atoms with Crippen molar-refractivity contribution in [2.24, 2.45) is 5.73 Å². The predicted molar refractivity (Wildman–Crippen MR) is 84.4 cm³/mol. The van der Waals surface area contributed by atoms with Crippen LogP contribution in [0.4, 0.5) is 0 Å². The van der Waals surface area contributed by atoms with E-state index in [0.29, 0.717) is 12.6 Å². The Balaban J connectivity index is 1.81. The topological polar surface area (TPSA) is 64.2 Å². The van der Waals surface area contributed by atoms with Gasteiger partial charge in [-0.1, -0.05) is 0 Å². The Bertz CT molecular complexity index is 686. The summed E-state index contributed by atoms with van der Waals surface area (Å²) in [5.41, 5.74) is 8.85. The Morgan fingerprint density at radius 2 is 2.05 bits per heavy atom. The first-order valence-electron chi connectivity index (χ1n) is 7.57. The number of hydrogen-bond donors (Lipinski definition) is 1. The molecule has 0 unspecified atom stereocenters. The quantitative estimate of drug-likeness (QED) is 0.918. The molecule has 0 bridgehead atoms. The van der Waals surface area contributed by atoms with Gasteiger partial charge in [0.1, 0.15) is 0 Å². The summed E-state index contributed by atoms with van der Waals surface area (Å²) >= 11 is 0. The van der Waals surface area contributed by atoms with Crippen LogP contribution in [0.25, 0.3) is 11.0 Å². The van der Waals surface area contributed by atoms with E-state index in [2.05, 4.69) is 9.88 Å². The second-order valence-corrected chi connectivity index (χ2v) is 5.92. The molecule has 112 valence electrons. The predicted octanol–water partition coefficient (Wildman–Crippen LogP) is 1.13. The molecule has 0 amide bonds. The minimum atomic E-state index is 0.0450. The van der Waals surface area contributed by atoms with E-state index < -0.39 is 0 Å². The number of nitrogens with zero attached hydrogens (tertiary/aromatic N) is 3. The number of aryl methyl sites for hydroxylation is 1. The summed E-state index contributed by atoms with van der Waals surface area (Å²) in [5.74, 6) is 0. The van der Waals surface area contributed by atoms with Gasteiger partial charge >= 0.3 is 0 Å². The number of nitrogens with two attached hydrogens (primary N) is 1. The number of rotatable bonds is 3. The van der Waals surface area contributed by atoms with Crippen LogP contribution in [-0.4, -0.2) is 40.1 Å². The lowest BCUT2D eigenvalue weighted by Crippen LogP contribution is -2.41. The lowest BCUT2D eigenvalue weighted by atomic mass is 10.1. The summed E-state index contributed by atoms with van der Waals surface area (Å²) in [7, 11) is 0. The molecule has 2 aromatic heterocycles. The van der Waals surface area contributed by atoms with Crippen LogP contribution in [0.2, 0.25) is 0 Å². The van der Waals surface area contributed by atoms with Crippen LogP contribution in [0.5, 0.6) is 0 Å². The number of likely N-dealkylation sites (tertiary alicyclic amines) is 1. The fraction of sp³-hybridized carbons (Fsp3) is 0.500. The Kier molecular flexibility index (Phi) is 4.03. The van der Waals surface area contributed by atoms with Crippen LogP contribution in [0.3, 0.4) is 0 Å². The Labute approximate surface area is 124 Å². The molecule has 0 spiro atoms. The molecule has 3 rings (SSSR count). The molecular formula is C16H22N4O. The van der Waals surface area contributed by atoms with Gasteiger partial charge in [0.15, 0.2) is 0 Å². The SMILES string of the molecule is Cc1cnc2ccc(=O)n(CCN3CCC(N)CC3)c2c1. The van der Waals surface area contributed by atoms with Crippen molar-refractivity contribution < 1.29 is 0 Å². The molecule has 0 atom stereocenters. The lowest BCUT2D eigenvalue weighted by Gasteiger charge is -2.30. The lowest BCUT2D eigenvalue weighted by molar-refractivity contribution is 0.206.